The summed E-state index contributed by atoms with van der Waals surface area (Å²) >= 11 is 0. The standard InChI is InChI=1S/C29H26F3N3O/c30-29(31,32)24-12-13-26-25(16-24)33-27(22-8-6-21(7-9-22)20-4-2-1-3-5-20)35(26)18-19-14-15-34(17-19)28(36)23-10-11-23/h1-9,12-13,16,19,23H,10-11,14-15,17-18H2/t19-/m0/s1. The number of carbonyl (C=O) groups excluding carboxylic acids is 1. The molecule has 1 saturated heterocycles. The summed E-state index contributed by atoms with van der Waals surface area (Å²) in [4.78, 5) is 19.2. The maximum Gasteiger partial charge on any atom is 0.416 e. The van der Waals surface area contributed by atoms with E-state index in [4.69, 9.17) is 0 Å². The van der Waals surface area contributed by atoms with Crippen LogP contribution in [-0.2, 0) is 17.5 Å². The van der Waals surface area contributed by atoms with Gasteiger partial charge in [-0.3, -0.25) is 4.79 Å². The van der Waals surface area contributed by atoms with Crippen molar-refractivity contribution in [1.29, 1.82) is 0 Å². The number of alkyl halides is 3. The van der Waals surface area contributed by atoms with Crippen LogP contribution in [0.3, 0.4) is 0 Å². The van der Waals surface area contributed by atoms with Gasteiger partial charge in [-0.15, -0.1) is 0 Å². The Balaban J connectivity index is 1.35. The Morgan fingerprint density at radius 3 is 2.28 bits per heavy atom. The summed E-state index contributed by atoms with van der Waals surface area (Å²) in [5.74, 6) is 1.32. The number of hydrogen-bond acceptors (Lipinski definition) is 2. The average molecular weight is 490 g/mol. The van der Waals surface area contributed by atoms with E-state index < -0.39 is 11.7 Å². The van der Waals surface area contributed by atoms with Crippen molar-refractivity contribution < 1.29 is 18.0 Å². The zero-order chi connectivity index (χ0) is 24.9. The zero-order valence-corrected chi connectivity index (χ0v) is 19.7. The van der Waals surface area contributed by atoms with Crippen LogP contribution in [0.5, 0.6) is 0 Å². The molecule has 1 aromatic heterocycles. The molecule has 7 heteroatoms. The lowest BCUT2D eigenvalue weighted by Crippen LogP contribution is -2.30. The van der Waals surface area contributed by atoms with E-state index in [2.05, 4.69) is 4.98 Å². The Labute approximate surface area is 207 Å². The number of fused-ring (bicyclic) bond motifs is 1. The predicted octanol–water partition coefficient (Wildman–Crippen LogP) is 6.65. The van der Waals surface area contributed by atoms with Crippen LogP contribution in [-0.4, -0.2) is 33.4 Å². The molecule has 1 atom stereocenters. The lowest BCUT2D eigenvalue weighted by atomic mass is 10.0. The van der Waals surface area contributed by atoms with Gasteiger partial charge in [0, 0.05) is 31.1 Å². The van der Waals surface area contributed by atoms with Gasteiger partial charge in [0.25, 0.3) is 0 Å². The van der Waals surface area contributed by atoms with E-state index in [0.29, 0.717) is 29.9 Å². The van der Waals surface area contributed by atoms with Gasteiger partial charge in [-0.2, -0.15) is 13.2 Å². The molecule has 0 unspecified atom stereocenters. The summed E-state index contributed by atoms with van der Waals surface area (Å²) in [6.07, 6.45) is -1.58. The van der Waals surface area contributed by atoms with E-state index in [1.807, 2.05) is 64.1 Å². The van der Waals surface area contributed by atoms with Gasteiger partial charge in [0.1, 0.15) is 5.82 Å². The lowest BCUT2D eigenvalue weighted by Gasteiger charge is -2.18. The predicted molar refractivity (Wildman–Crippen MR) is 133 cm³/mol. The van der Waals surface area contributed by atoms with Crippen LogP contribution < -0.4 is 0 Å². The number of rotatable bonds is 5. The van der Waals surface area contributed by atoms with Gasteiger partial charge < -0.3 is 9.47 Å². The maximum absolute atomic E-state index is 13.4. The topological polar surface area (TPSA) is 38.1 Å². The number of nitrogens with zero attached hydrogens (tertiary/aromatic N) is 3. The highest BCUT2D eigenvalue weighted by Gasteiger charge is 2.37. The molecular weight excluding hydrogens is 463 g/mol. The minimum atomic E-state index is -4.43. The molecule has 1 saturated carbocycles. The molecule has 2 aliphatic rings. The second-order valence-corrected chi connectivity index (χ2v) is 9.90. The number of likely N-dealkylation sites (tertiary alicyclic amines) is 1. The van der Waals surface area contributed by atoms with E-state index in [0.717, 1.165) is 54.6 Å². The van der Waals surface area contributed by atoms with Crippen LogP contribution in [0.15, 0.2) is 72.8 Å². The maximum atomic E-state index is 13.4. The highest BCUT2D eigenvalue weighted by atomic mass is 19.4. The highest BCUT2D eigenvalue weighted by Crippen LogP contribution is 2.36. The van der Waals surface area contributed by atoms with Crippen molar-refractivity contribution in [1.82, 2.24) is 14.5 Å². The molecule has 4 nitrogen and oxygen atoms in total. The molecule has 4 aromatic rings. The first-order chi connectivity index (χ1) is 17.4. The molecule has 1 aliphatic heterocycles. The number of aromatic nitrogens is 2. The van der Waals surface area contributed by atoms with Crippen molar-refractivity contribution in [3.63, 3.8) is 0 Å². The first-order valence-electron chi connectivity index (χ1n) is 12.4. The molecule has 2 fully saturated rings. The molecular formula is C29H26F3N3O. The zero-order valence-electron chi connectivity index (χ0n) is 19.7. The number of carbonyl (C=O) groups is 1. The van der Waals surface area contributed by atoms with Crippen molar-refractivity contribution in [2.45, 2.75) is 32.0 Å². The van der Waals surface area contributed by atoms with Crippen molar-refractivity contribution in [3.8, 4) is 22.5 Å². The number of halogens is 3. The van der Waals surface area contributed by atoms with E-state index in [-0.39, 0.29) is 17.7 Å². The molecule has 6 rings (SSSR count). The van der Waals surface area contributed by atoms with Crippen molar-refractivity contribution in [3.05, 3.63) is 78.4 Å². The second kappa shape index (κ2) is 8.80. The van der Waals surface area contributed by atoms with Crippen molar-refractivity contribution in [2.24, 2.45) is 11.8 Å². The van der Waals surface area contributed by atoms with Crippen LogP contribution in [0, 0.1) is 11.8 Å². The SMILES string of the molecule is O=C(C1CC1)N1CC[C@H](Cn2c(-c3ccc(-c4ccccc4)cc3)nc3cc(C(F)(F)F)ccc32)C1. The first-order valence-corrected chi connectivity index (χ1v) is 12.4. The average Bonchev–Trinajstić information content (AvgIpc) is 3.53. The van der Waals surface area contributed by atoms with E-state index >= 15 is 0 Å². The van der Waals surface area contributed by atoms with Crippen LogP contribution >= 0.6 is 0 Å². The van der Waals surface area contributed by atoms with E-state index in [9.17, 15) is 18.0 Å². The second-order valence-electron chi connectivity index (χ2n) is 9.90. The van der Waals surface area contributed by atoms with Crippen LogP contribution in [0.25, 0.3) is 33.5 Å². The molecule has 0 bridgehead atoms. The Morgan fingerprint density at radius 2 is 1.58 bits per heavy atom. The molecule has 36 heavy (non-hydrogen) atoms. The fraction of sp³-hybridized carbons (Fsp3) is 0.310. The van der Waals surface area contributed by atoms with Gasteiger partial charge in [0.15, 0.2) is 0 Å². The van der Waals surface area contributed by atoms with Gasteiger partial charge >= 0.3 is 6.18 Å². The smallest absolute Gasteiger partial charge is 0.342 e. The monoisotopic (exact) mass is 489 g/mol. The van der Waals surface area contributed by atoms with Crippen LogP contribution in [0.2, 0.25) is 0 Å². The lowest BCUT2D eigenvalue weighted by molar-refractivity contribution is -0.137. The van der Waals surface area contributed by atoms with Crippen LogP contribution in [0.1, 0.15) is 24.8 Å². The van der Waals surface area contributed by atoms with E-state index in [1.165, 1.54) is 6.07 Å². The molecule has 0 spiro atoms. The van der Waals surface area contributed by atoms with Gasteiger partial charge in [-0.1, -0.05) is 54.6 Å². The first kappa shape index (κ1) is 22.8. The van der Waals surface area contributed by atoms with Crippen LogP contribution in [0.4, 0.5) is 13.2 Å². The minimum Gasteiger partial charge on any atom is -0.342 e. The number of imidazole rings is 1. The summed E-state index contributed by atoms with van der Waals surface area (Å²) in [6.45, 7) is 2.03. The normalized spacial score (nSPS) is 18.2. The summed E-state index contributed by atoms with van der Waals surface area (Å²) in [5, 5.41) is 0. The quantitative estimate of drug-likeness (QED) is 0.315. The van der Waals surface area contributed by atoms with Gasteiger partial charge in [0.2, 0.25) is 5.91 Å². The number of hydrogen-bond donors (Lipinski definition) is 0. The third-order valence-electron chi connectivity index (χ3n) is 7.29. The number of amides is 1. The molecule has 2 heterocycles. The number of benzene rings is 3. The fourth-order valence-corrected chi connectivity index (χ4v) is 5.18. The van der Waals surface area contributed by atoms with Crippen molar-refractivity contribution in [2.75, 3.05) is 13.1 Å². The molecule has 1 amide bonds. The van der Waals surface area contributed by atoms with E-state index in [1.54, 1.807) is 0 Å². The Morgan fingerprint density at radius 1 is 0.889 bits per heavy atom. The summed E-state index contributed by atoms with van der Waals surface area (Å²) in [6, 6.07) is 21.8. The molecule has 184 valence electrons. The molecule has 0 N–H and O–H groups in total. The molecule has 0 radical (unpaired) electrons. The third kappa shape index (κ3) is 4.38. The summed E-state index contributed by atoms with van der Waals surface area (Å²) in [7, 11) is 0. The summed E-state index contributed by atoms with van der Waals surface area (Å²) < 4.78 is 42.2. The Hall–Kier alpha value is -3.61. The Bertz CT molecular complexity index is 1410. The summed E-state index contributed by atoms with van der Waals surface area (Å²) in [5.41, 5.74) is 3.31. The Kier molecular flexibility index (Phi) is 5.58. The third-order valence-corrected chi connectivity index (χ3v) is 7.29. The fourth-order valence-electron chi connectivity index (χ4n) is 5.18. The van der Waals surface area contributed by atoms with Crippen molar-refractivity contribution >= 4 is 16.9 Å². The van der Waals surface area contributed by atoms with Gasteiger partial charge in [-0.25, -0.2) is 4.98 Å². The molecule has 3 aromatic carbocycles. The van der Waals surface area contributed by atoms with Gasteiger partial charge in [-0.05, 0) is 54.5 Å². The highest BCUT2D eigenvalue weighted by molar-refractivity contribution is 5.82. The largest absolute Gasteiger partial charge is 0.416 e. The van der Waals surface area contributed by atoms with Gasteiger partial charge in [0.05, 0.1) is 16.6 Å². The minimum absolute atomic E-state index is 0.192. The molecule has 1 aliphatic carbocycles.